The first-order valence-electron chi connectivity index (χ1n) is 19.4. The highest BCUT2D eigenvalue weighted by atomic mass is 31.2. The van der Waals surface area contributed by atoms with E-state index in [9.17, 15) is 24.2 Å². The van der Waals surface area contributed by atoms with E-state index in [4.69, 9.17) is 19.9 Å². The van der Waals surface area contributed by atoms with E-state index in [2.05, 4.69) is 19.2 Å². The summed E-state index contributed by atoms with van der Waals surface area (Å²) >= 11 is 0. The molecule has 0 fully saturated rings. The minimum Gasteiger partial charge on any atom is -0.480 e. The fraction of sp³-hybridized carbons (Fsp3) is 0.892. The van der Waals surface area contributed by atoms with Crippen LogP contribution in [0.3, 0.4) is 0 Å². The highest BCUT2D eigenvalue weighted by Gasteiger charge is 2.28. The molecule has 284 valence electrons. The van der Waals surface area contributed by atoms with Gasteiger partial charge in [-0.05, 0) is 19.3 Å². The maximum atomic E-state index is 12.7. The van der Waals surface area contributed by atoms with E-state index in [1.165, 1.54) is 116 Å². The van der Waals surface area contributed by atoms with Crippen LogP contribution in [0.15, 0.2) is 12.2 Å². The molecule has 48 heavy (non-hydrogen) atoms. The summed E-state index contributed by atoms with van der Waals surface area (Å²) in [5, 5.41) is 22.4. The summed E-state index contributed by atoms with van der Waals surface area (Å²) in [6, 6.07) is -2.47. The van der Waals surface area contributed by atoms with E-state index in [1.54, 1.807) is 6.08 Å². The molecule has 1 unspecified atom stereocenters. The predicted molar refractivity (Wildman–Crippen MR) is 196 cm³/mol. The molecule has 0 heterocycles. The number of carbonyl (C=O) groups excluding carboxylic acids is 1. The number of aliphatic carboxylic acids is 1. The monoisotopic (exact) mass is 705 g/mol. The second-order valence-electron chi connectivity index (χ2n) is 13.4. The molecule has 0 radical (unpaired) electrons. The Balaban J connectivity index is 4.52. The first-order valence-corrected chi connectivity index (χ1v) is 20.9. The van der Waals surface area contributed by atoms with Gasteiger partial charge in [0.2, 0.25) is 5.91 Å². The number of amides is 1. The van der Waals surface area contributed by atoms with Gasteiger partial charge in [0.15, 0.2) is 0 Å². The van der Waals surface area contributed by atoms with Crippen LogP contribution in [0.5, 0.6) is 0 Å². The number of phosphoric ester groups is 1. The molecule has 10 nitrogen and oxygen atoms in total. The summed E-state index contributed by atoms with van der Waals surface area (Å²) in [5.41, 5.74) is 5.34. The predicted octanol–water partition coefficient (Wildman–Crippen LogP) is 9.12. The molecular formula is C37H73N2O8P. The summed E-state index contributed by atoms with van der Waals surface area (Å²) in [7, 11) is -4.66. The normalized spacial score (nSPS) is 14.9. The van der Waals surface area contributed by atoms with E-state index >= 15 is 0 Å². The van der Waals surface area contributed by atoms with Crippen LogP contribution in [-0.2, 0) is 23.2 Å². The van der Waals surface area contributed by atoms with Crippen LogP contribution in [0.4, 0.5) is 0 Å². The maximum Gasteiger partial charge on any atom is 0.472 e. The summed E-state index contributed by atoms with van der Waals surface area (Å²) in [5.74, 6) is -1.65. The summed E-state index contributed by atoms with van der Waals surface area (Å²) in [6.07, 6.45) is 32.8. The van der Waals surface area contributed by atoms with Crippen molar-refractivity contribution in [2.75, 3.05) is 13.2 Å². The molecule has 0 spiro atoms. The van der Waals surface area contributed by atoms with Crippen LogP contribution in [0.1, 0.15) is 181 Å². The number of aliphatic hydroxyl groups is 1. The number of nitrogens with two attached hydrogens (primary N) is 1. The van der Waals surface area contributed by atoms with E-state index in [0.29, 0.717) is 0 Å². The van der Waals surface area contributed by atoms with Crippen molar-refractivity contribution in [1.82, 2.24) is 5.32 Å². The lowest BCUT2D eigenvalue weighted by atomic mass is 10.0. The van der Waals surface area contributed by atoms with Crippen LogP contribution < -0.4 is 11.1 Å². The van der Waals surface area contributed by atoms with Crippen molar-refractivity contribution in [3.63, 3.8) is 0 Å². The van der Waals surface area contributed by atoms with Crippen LogP contribution >= 0.6 is 7.82 Å². The molecule has 0 aromatic rings. The molecule has 1 amide bonds. The maximum absolute atomic E-state index is 12.7. The van der Waals surface area contributed by atoms with E-state index in [-0.39, 0.29) is 12.3 Å². The fourth-order valence-corrected chi connectivity index (χ4v) is 6.33. The molecule has 0 aliphatic rings. The largest absolute Gasteiger partial charge is 0.480 e. The Hall–Kier alpha value is -1.29. The number of carbonyl (C=O) groups is 2. The molecule has 0 aliphatic carbocycles. The lowest BCUT2D eigenvalue weighted by Gasteiger charge is -2.23. The van der Waals surface area contributed by atoms with Gasteiger partial charge in [-0.1, -0.05) is 167 Å². The molecular weight excluding hydrogens is 631 g/mol. The van der Waals surface area contributed by atoms with E-state index in [0.717, 1.165) is 44.9 Å². The van der Waals surface area contributed by atoms with Gasteiger partial charge in [-0.3, -0.25) is 18.6 Å². The number of allylic oxidation sites excluding steroid dienone is 1. The van der Waals surface area contributed by atoms with Gasteiger partial charge < -0.3 is 26.2 Å². The average Bonchev–Trinajstić information content (AvgIpc) is 3.06. The third kappa shape index (κ3) is 30.7. The van der Waals surface area contributed by atoms with Gasteiger partial charge >= 0.3 is 13.8 Å². The highest BCUT2D eigenvalue weighted by molar-refractivity contribution is 7.47. The Bertz CT molecular complexity index is 844. The van der Waals surface area contributed by atoms with Crippen LogP contribution in [-0.4, -0.2) is 58.4 Å². The quantitative estimate of drug-likeness (QED) is 0.0243. The van der Waals surface area contributed by atoms with Crippen molar-refractivity contribution in [3.05, 3.63) is 12.2 Å². The summed E-state index contributed by atoms with van der Waals surface area (Å²) in [6.45, 7) is 3.26. The molecule has 0 saturated carbocycles. The van der Waals surface area contributed by atoms with Crippen molar-refractivity contribution >= 4 is 19.7 Å². The summed E-state index contributed by atoms with van der Waals surface area (Å²) in [4.78, 5) is 33.6. The van der Waals surface area contributed by atoms with Gasteiger partial charge in [0.1, 0.15) is 6.04 Å². The van der Waals surface area contributed by atoms with Gasteiger partial charge in [-0.2, -0.15) is 0 Å². The number of carboxylic acid groups (broad SMARTS) is 1. The molecule has 6 N–H and O–H groups in total. The zero-order chi connectivity index (χ0) is 35.7. The average molecular weight is 705 g/mol. The minimum absolute atomic E-state index is 0.272. The zero-order valence-electron chi connectivity index (χ0n) is 30.6. The number of phosphoric acid groups is 1. The van der Waals surface area contributed by atoms with Crippen molar-refractivity contribution in [2.45, 2.75) is 199 Å². The smallest absolute Gasteiger partial charge is 0.472 e. The minimum atomic E-state index is -4.66. The molecule has 0 aromatic carbocycles. The van der Waals surface area contributed by atoms with Gasteiger partial charge in [0.05, 0.1) is 25.4 Å². The Labute approximate surface area is 293 Å². The lowest BCUT2D eigenvalue weighted by Crippen LogP contribution is -2.45. The highest BCUT2D eigenvalue weighted by Crippen LogP contribution is 2.43. The second-order valence-corrected chi connectivity index (χ2v) is 14.9. The van der Waals surface area contributed by atoms with Crippen molar-refractivity contribution in [1.29, 1.82) is 0 Å². The molecule has 0 aromatic heterocycles. The second kappa shape index (κ2) is 32.9. The third-order valence-electron chi connectivity index (χ3n) is 8.73. The Kier molecular flexibility index (Phi) is 32.0. The number of rotatable bonds is 36. The van der Waals surface area contributed by atoms with Gasteiger partial charge in [-0.15, -0.1) is 0 Å². The molecule has 11 heteroatoms. The third-order valence-corrected chi connectivity index (χ3v) is 9.68. The number of carboxylic acids is 1. The number of hydrogen-bond donors (Lipinski definition) is 5. The van der Waals surface area contributed by atoms with Crippen molar-refractivity contribution in [3.8, 4) is 0 Å². The zero-order valence-corrected chi connectivity index (χ0v) is 31.5. The van der Waals surface area contributed by atoms with E-state index in [1.807, 2.05) is 6.08 Å². The Morgan fingerprint density at radius 2 is 1.08 bits per heavy atom. The first kappa shape index (κ1) is 46.7. The fourth-order valence-electron chi connectivity index (χ4n) is 5.56. The standard InChI is InChI=1S/C37H73N2O8P/c1-3-5-7-9-11-13-15-17-19-21-23-25-27-29-35(40)34(32-47-48(44,45)46-31-33(38)37(42)43)39-36(41)30-28-26-24-22-20-18-16-14-12-10-8-6-4-2/h27,29,33-35,40H,3-26,28,30-32,38H2,1-2H3,(H,39,41)(H,42,43)(H,44,45)/b29-27+/t33-,34+,35-/m0/s1. The van der Waals surface area contributed by atoms with Crippen LogP contribution in [0.25, 0.3) is 0 Å². The van der Waals surface area contributed by atoms with Gasteiger partial charge in [-0.25, -0.2) is 4.57 Å². The number of hydrogen-bond acceptors (Lipinski definition) is 7. The molecule has 4 atom stereocenters. The first-order chi connectivity index (χ1) is 23.1. The van der Waals surface area contributed by atoms with Crippen molar-refractivity contribution in [2.24, 2.45) is 5.73 Å². The van der Waals surface area contributed by atoms with Gasteiger partial charge in [0.25, 0.3) is 0 Å². The van der Waals surface area contributed by atoms with Gasteiger partial charge in [0, 0.05) is 6.42 Å². The van der Waals surface area contributed by atoms with Crippen LogP contribution in [0, 0.1) is 0 Å². The van der Waals surface area contributed by atoms with Crippen molar-refractivity contribution < 1.29 is 38.3 Å². The number of nitrogens with one attached hydrogen (secondary N) is 1. The SMILES string of the molecule is CCCCCCCCCCCCC/C=C/[C@H](O)[C@@H](COP(=O)(O)OC[C@H](N)C(=O)O)NC(=O)CCCCCCCCCCCCCCC. The van der Waals surface area contributed by atoms with Crippen LogP contribution in [0.2, 0.25) is 0 Å². The number of unbranched alkanes of at least 4 members (excludes halogenated alkanes) is 23. The lowest BCUT2D eigenvalue weighted by molar-refractivity contribution is -0.139. The summed E-state index contributed by atoms with van der Waals surface area (Å²) < 4.78 is 22.0. The molecule has 0 rings (SSSR count). The molecule has 0 saturated heterocycles. The molecule has 0 bridgehead atoms. The molecule has 0 aliphatic heterocycles. The Morgan fingerprint density at radius 3 is 1.52 bits per heavy atom. The number of aliphatic hydroxyl groups excluding tert-OH is 1. The Morgan fingerprint density at radius 1 is 0.688 bits per heavy atom. The van der Waals surface area contributed by atoms with E-state index < -0.39 is 45.2 Å². The topological polar surface area (TPSA) is 168 Å².